The van der Waals surface area contributed by atoms with E-state index in [-0.39, 0.29) is 0 Å². The molecule has 0 bridgehead atoms. The van der Waals surface area contributed by atoms with Crippen LogP contribution in [0.25, 0.3) is 16.5 Å². The van der Waals surface area contributed by atoms with E-state index in [0.29, 0.717) is 0 Å². The number of aromatic nitrogens is 1. The van der Waals surface area contributed by atoms with Crippen molar-refractivity contribution in [3.8, 4) is 0 Å². The lowest BCUT2D eigenvalue weighted by Crippen LogP contribution is -2.31. The molecule has 1 aromatic heterocycles. The van der Waals surface area contributed by atoms with Crippen LogP contribution in [0, 0.1) is 0 Å². The lowest BCUT2D eigenvalue weighted by Gasteiger charge is -2.26. The number of fused-ring (bicyclic) bond motifs is 1. The summed E-state index contributed by atoms with van der Waals surface area (Å²) in [5.41, 5.74) is 9.17. The van der Waals surface area contributed by atoms with Crippen molar-refractivity contribution in [1.29, 1.82) is 0 Å². The lowest BCUT2D eigenvalue weighted by molar-refractivity contribution is 0.295. The maximum Gasteiger partial charge on any atom is 0.0468 e. The highest BCUT2D eigenvalue weighted by atomic mass is 32.2. The summed E-state index contributed by atoms with van der Waals surface area (Å²) in [7, 11) is 0. The van der Waals surface area contributed by atoms with Crippen LogP contribution in [-0.4, -0.2) is 34.5 Å². The molecule has 0 spiro atoms. The molecule has 164 valence electrons. The third kappa shape index (κ3) is 6.28. The zero-order valence-electron chi connectivity index (χ0n) is 19.3. The summed E-state index contributed by atoms with van der Waals surface area (Å²) >= 11 is 2.06. The maximum absolute atomic E-state index is 4.01. The molecule has 0 atom stereocenters. The highest BCUT2D eigenvalue weighted by Gasteiger charge is 2.13. The summed E-state index contributed by atoms with van der Waals surface area (Å²) in [5.74, 6) is 2.48. The van der Waals surface area contributed by atoms with E-state index in [4.69, 9.17) is 0 Å². The van der Waals surface area contributed by atoms with E-state index < -0.39 is 0 Å². The second-order valence-corrected chi connectivity index (χ2v) is 9.70. The van der Waals surface area contributed by atoms with E-state index in [2.05, 4.69) is 91.2 Å². The molecule has 4 heteroatoms. The third-order valence-corrected chi connectivity index (χ3v) is 6.30. The quantitative estimate of drug-likeness (QED) is 0.457. The van der Waals surface area contributed by atoms with Gasteiger partial charge in [0.15, 0.2) is 0 Å². The highest BCUT2D eigenvalue weighted by Crippen LogP contribution is 2.29. The van der Waals surface area contributed by atoms with Gasteiger partial charge in [0.1, 0.15) is 0 Å². The van der Waals surface area contributed by atoms with Crippen molar-refractivity contribution in [3.05, 3.63) is 89.4 Å². The number of aromatic amines is 1. The number of nitrogens with one attached hydrogen (secondary N) is 2. The van der Waals surface area contributed by atoms with Gasteiger partial charge in [0, 0.05) is 64.7 Å². The molecule has 1 aliphatic rings. The Morgan fingerprint density at radius 3 is 2.55 bits per heavy atom. The smallest absolute Gasteiger partial charge is 0.0468 e. The number of rotatable bonds is 8. The topological polar surface area (TPSA) is 31.1 Å². The minimum atomic E-state index is 0.904. The average molecular weight is 434 g/mol. The van der Waals surface area contributed by atoms with Crippen LogP contribution < -0.4 is 5.32 Å². The molecule has 2 heterocycles. The first-order valence-electron chi connectivity index (χ1n) is 10.9. The predicted molar refractivity (Wildman–Crippen MR) is 139 cm³/mol. The minimum absolute atomic E-state index is 0.904. The number of thioether (sulfide) groups is 1. The fourth-order valence-corrected chi connectivity index (χ4v) is 4.85. The predicted octanol–water partition coefficient (Wildman–Crippen LogP) is 6.65. The molecule has 3 rings (SSSR count). The van der Waals surface area contributed by atoms with Crippen LogP contribution in [0.1, 0.15) is 39.0 Å². The van der Waals surface area contributed by atoms with Crippen molar-refractivity contribution in [3.63, 3.8) is 0 Å². The van der Waals surface area contributed by atoms with Gasteiger partial charge >= 0.3 is 0 Å². The van der Waals surface area contributed by atoms with Gasteiger partial charge in [-0.1, -0.05) is 36.9 Å². The largest absolute Gasteiger partial charge is 0.359 e. The van der Waals surface area contributed by atoms with Gasteiger partial charge in [0.25, 0.3) is 0 Å². The van der Waals surface area contributed by atoms with Crippen LogP contribution in [0.2, 0.25) is 0 Å². The first-order chi connectivity index (χ1) is 14.9. The van der Waals surface area contributed by atoms with Crippen LogP contribution in [0.3, 0.4) is 0 Å². The summed E-state index contributed by atoms with van der Waals surface area (Å²) < 4.78 is 0. The third-order valence-electron chi connectivity index (χ3n) is 5.36. The highest BCUT2D eigenvalue weighted by molar-refractivity contribution is 7.99. The van der Waals surface area contributed by atoms with Crippen molar-refractivity contribution < 1.29 is 0 Å². The Morgan fingerprint density at radius 1 is 1.16 bits per heavy atom. The molecule has 0 saturated carbocycles. The van der Waals surface area contributed by atoms with Crippen LogP contribution in [0.15, 0.2) is 78.2 Å². The molecule has 1 saturated heterocycles. The molecule has 31 heavy (non-hydrogen) atoms. The normalized spacial score (nSPS) is 16.1. The van der Waals surface area contributed by atoms with Gasteiger partial charge < -0.3 is 10.3 Å². The Morgan fingerprint density at radius 2 is 1.90 bits per heavy atom. The van der Waals surface area contributed by atoms with Gasteiger partial charge in [-0.25, -0.2) is 0 Å². The van der Waals surface area contributed by atoms with Gasteiger partial charge in [-0.2, -0.15) is 11.8 Å². The number of H-pyrrole nitrogens is 1. The van der Waals surface area contributed by atoms with Gasteiger partial charge in [-0.15, -0.1) is 0 Å². The summed E-state index contributed by atoms with van der Waals surface area (Å²) in [6, 6.07) is 9.08. The lowest BCUT2D eigenvalue weighted by atomic mass is 10.0. The Balaban J connectivity index is 2.00. The number of allylic oxidation sites excluding steroid dienone is 7. The number of hydrogen-bond acceptors (Lipinski definition) is 3. The molecule has 1 fully saturated rings. The number of nitrogens with zero attached hydrogens (tertiary/aromatic N) is 1. The summed E-state index contributed by atoms with van der Waals surface area (Å²) in [6.45, 7) is 19.7. The van der Waals surface area contributed by atoms with E-state index in [1.54, 1.807) is 0 Å². The van der Waals surface area contributed by atoms with Crippen molar-refractivity contribution in [1.82, 2.24) is 15.2 Å². The fraction of sp³-hybridized carbons (Fsp3) is 0.333. The molecule has 3 nitrogen and oxygen atoms in total. The van der Waals surface area contributed by atoms with Crippen LogP contribution >= 0.6 is 11.8 Å². The zero-order valence-corrected chi connectivity index (χ0v) is 20.2. The monoisotopic (exact) mass is 433 g/mol. The Bertz CT molecular complexity index is 1040. The average Bonchev–Trinajstić information content (AvgIpc) is 3.14. The van der Waals surface area contributed by atoms with Crippen molar-refractivity contribution >= 4 is 28.2 Å². The molecule has 1 aromatic carbocycles. The molecule has 0 aliphatic carbocycles. The number of benzene rings is 1. The molecule has 2 aromatic rings. The maximum atomic E-state index is 4.01. The minimum Gasteiger partial charge on any atom is -0.359 e. The first-order valence-corrected chi connectivity index (χ1v) is 12.1. The van der Waals surface area contributed by atoms with Gasteiger partial charge in [0.2, 0.25) is 0 Å². The van der Waals surface area contributed by atoms with E-state index in [1.165, 1.54) is 52.2 Å². The molecular weight excluding hydrogens is 398 g/mol. The van der Waals surface area contributed by atoms with E-state index >= 15 is 0 Å². The molecule has 2 N–H and O–H groups in total. The van der Waals surface area contributed by atoms with E-state index in [0.717, 1.165) is 29.2 Å². The van der Waals surface area contributed by atoms with Crippen molar-refractivity contribution in [2.45, 2.75) is 34.2 Å². The fourth-order valence-electron chi connectivity index (χ4n) is 3.87. The Hall–Kier alpha value is -2.43. The molecule has 1 aliphatic heterocycles. The molecule has 0 unspecified atom stereocenters. The second-order valence-electron chi connectivity index (χ2n) is 8.47. The Labute approximate surface area is 191 Å². The SMILES string of the molecule is C=C/C=C(NC(=C)C)\C(C)=C(/C=C(C)C)c1cc2cc(CN3CCSCC3)ccc2[nH]1. The summed E-state index contributed by atoms with van der Waals surface area (Å²) in [5, 5.41) is 4.64. The van der Waals surface area contributed by atoms with E-state index in [1.807, 2.05) is 19.1 Å². The van der Waals surface area contributed by atoms with Crippen molar-refractivity contribution in [2.24, 2.45) is 0 Å². The first kappa shape index (κ1) is 23.2. The van der Waals surface area contributed by atoms with Crippen molar-refractivity contribution in [2.75, 3.05) is 24.6 Å². The number of hydrogen-bond donors (Lipinski definition) is 2. The molecule has 0 radical (unpaired) electrons. The standard InChI is InChI=1S/C27H35N3S/c1-7-8-25(28-20(4)5)21(6)24(15-19(2)3)27-17-23-16-22(9-10-26(23)29-27)18-30-11-13-31-14-12-30/h7-10,15-17,28-29H,1,4,11-14,18H2,2-3,5-6H3/b24-21+,25-8+. The van der Waals surface area contributed by atoms with E-state index in [9.17, 15) is 0 Å². The zero-order chi connectivity index (χ0) is 22.4. The van der Waals surface area contributed by atoms with Gasteiger partial charge in [-0.3, -0.25) is 4.90 Å². The Kier molecular flexibility index (Phi) is 8.05. The van der Waals surface area contributed by atoms with Crippen LogP contribution in [0.4, 0.5) is 0 Å². The summed E-state index contributed by atoms with van der Waals surface area (Å²) in [4.78, 5) is 6.20. The summed E-state index contributed by atoms with van der Waals surface area (Å²) in [6.07, 6.45) is 6.05. The molecular formula is C27H35N3S. The second kappa shape index (κ2) is 10.7. The molecule has 0 amide bonds. The van der Waals surface area contributed by atoms with Crippen LogP contribution in [-0.2, 0) is 6.54 Å². The van der Waals surface area contributed by atoms with Gasteiger partial charge in [-0.05, 0) is 63.1 Å². The van der Waals surface area contributed by atoms with Gasteiger partial charge in [0.05, 0.1) is 0 Å². The van der Waals surface area contributed by atoms with Crippen LogP contribution in [0.5, 0.6) is 0 Å².